The molecule has 0 amide bonds. The normalized spacial score (nSPS) is 6.60. The van der Waals surface area contributed by atoms with Gasteiger partial charge in [0.1, 0.15) is 0 Å². The Morgan fingerprint density at radius 3 is 2.60 bits per heavy atom. The van der Waals surface area contributed by atoms with Crippen LogP contribution in [0.1, 0.15) is 0 Å². The van der Waals surface area contributed by atoms with Crippen molar-refractivity contribution in [2.45, 2.75) is 0 Å². The molecule has 0 spiro atoms. The van der Waals surface area contributed by atoms with Crippen LogP contribution in [0.15, 0.2) is 12.8 Å². The fraction of sp³-hybridized carbons (Fsp3) is 0.333. The van der Waals surface area contributed by atoms with Gasteiger partial charge < -0.3 is 4.74 Å². The molecular weight excluding hydrogens is 68.0 g/mol. The van der Waals surface area contributed by atoms with Crippen molar-refractivity contribution in [1.82, 2.24) is 0 Å². The van der Waals surface area contributed by atoms with Crippen molar-refractivity contribution >= 4 is 0 Å². The van der Waals surface area contributed by atoms with E-state index in [1.165, 1.54) is 0 Å². The number of ether oxygens (including phenoxy) is 1. The highest BCUT2D eigenvalue weighted by Gasteiger charge is 1.59. The molecule has 0 aromatic heterocycles. The highest BCUT2D eigenvalue weighted by molar-refractivity contribution is 4.44. The summed E-state index contributed by atoms with van der Waals surface area (Å²) in [4.78, 5) is 0. The van der Waals surface area contributed by atoms with Gasteiger partial charge in [-0.15, -0.1) is 0 Å². The molecule has 0 atom stereocenters. The first-order valence-electron chi connectivity index (χ1n) is 1.22. The van der Waals surface area contributed by atoms with Gasteiger partial charge in [0.05, 0.1) is 6.26 Å². The topological polar surface area (TPSA) is 29.1 Å². The average Bonchev–Trinajstić information content (AvgIpc) is 1.41. The number of hydrogen-bond acceptors (Lipinski definition) is 1. The highest BCUT2D eigenvalue weighted by Crippen LogP contribution is 1.62. The van der Waals surface area contributed by atoms with E-state index in [1.54, 1.807) is 0 Å². The van der Waals surface area contributed by atoms with Crippen LogP contribution in [0.25, 0.3) is 0 Å². The summed E-state index contributed by atoms with van der Waals surface area (Å²) < 4.78 is 4.04. The number of hydrogen-bond donors (Lipinski definition) is 0. The summed E-state index contributed by atoms with van der Waals surface area (Å²) in [6, 6.07) is 0. The standard InChI is InChI=1S/C3H5O2/c1-2-5-3-4/h2H,1,3H2. The molecular formula is C3H5O2. The van der Waals surface area contributed by atoms with Crippen LogP contribution in [-0.4, -0.2) is 6.79 Å². The Morgan fingerprint density at radius 2 is 2.60 bits per heavy atom. The molecule has 0 saturated carbocycles. The Kier molecular flexibility index (Phi) is 3.15. The van der Waals surface area contributed by atoms with Crippen molar-refractivity contribution in [2.24, 2.45) is 0 Å². The molecule has 0 rings (SSSR count). The van der Waals surface area contributed by atoms with Gasteiger partial charge in [-0.25, -0.2) is 0 Å². The maximum Gasteiger partial charge on any atom is 0.220 e. The van der Waals surface area contributed by atoms with E-state index in [4.69, 9.17) is 0 Å². The molecule has 0 unspecified atom stereocenters. The molecule has 0 heterocycles. The fourth-order valence-electron chi connectivity index (χ4n) is 0.0481. The van der Waals surface area contributed by atoms with Gasteiger partial charge in [0.15, 0.2) is 0 Å². The predicted molar refractivity (Wildman–Crippen MR) is 16.8 cm³/mol. The Labute approximate surface area is 30.7 Å². The highest BCUT2D eigenvalue weighted by atomic mass is 16.6. The van der Waals surface area contributed by atoms with E-state index >= 15 is 0 Å². The first-order valence-corrected chi connectivity index (χ1v) is 1.22. The van der Waals surface area contributed by atoms with Gasteiger partial charge in [-0.05, 0) is 0 Å². The summed E-state index contributed by atoms with van der Waals surface area (Å²) in [5.41, 5.74) is 0. The molecule has 0 fully saturated rings. The second-order valence-electron chi connectivity index (χ2n) is 0.451. The second-order valence-corrected chi connectivity index (χ2v) is 0.451. The minimum atomic E-state index is -0.524. The smallest absolute Gasteiger partial charge is 0.220 e. The molecule has 0 N–H and O–H groups in total. The van der Waals surface area contributed by atoms with Crippen LogP contribution in [-0.2, 0) is 9.84 Å². The van der Waals surface area contributed by atoms with Gasteiger partial charge in [-0.1, -0.05) is 6.58 Å². The summed E-state index contributed by atoms with van der Waals surface area (Å²) in [7, 11) is 0. The first kappa shape index (κ1) is 4.50. The van der Waals surface area contributed by atoms with E-state index in [-0.39, 0.29) is 0 Å². The van der Waals surface area contributed by atoms with Crippen molar-refractivity contribution in [3.8, 4) is 0 Å². The summed E-state index contributed by atoms with van der Waals surface area (Å²) in [5.74, 6) is 0. The van der Waals surface area contributed by atoms with Crippen LogP contribution in [0.5, 0.6) is 0 Å². The van der Waals surface area contributed by atoms with Crippen LogP contribution < -0.4 is 0 Å². The van der Waals surface area contributed by atoms with E-state index < -0.39 is 6.79 Å². The summed E-state index contributed by atoms with van der Waals surface area (Å²) in [5, 5.41) is 9.24. The summed E-state index contributed by atoms with van der Waals surface area (Å²) in [6.07, 6.45) is 1.12. The van der Waals surface area contributed by atoms with Gasteiger partial charge in [0.25, 0.3) is 0 Å². The molecule has 0 aromatic rings. The predicted octanol–water partition coefficient (Wildman–Crippen LogP) is 0.534. The molecule has 2 heteroatoms. The number of rotatable bonds is 2. The first-order chi connectivity index (χ1) is 2.41. The van der Waals surface area contributed by atoms with E-state index in [2.05, 4.69) is 11.3 Å². The van der Waals surface area contributed by atoms with E-state index in [9.17, 15) is 5.11 Å². The molecule has 0 aliphatic carbocycles. The van der Waals surface area contributed by atoms with Crippen molar-refractivity contribution in [3.63, 3.8) is 0 Å². The van der Waals surface area contributed by atoms with E-state index in [1.807, 2.05) is 0 Å². The Bertz CT molecular complexity index is 26.1. The second kappa shape index (κ2) is 3.50. The molecule has 1 radical (unpaired) electrons. The lowest BCUT2D eigenvalue weighted by molar-refractivity contribution is 0.00641. The monoisotopic (exact) mass is 73.0 g/mol. The van der Waals surface area contributed by atoms with Gasteiger partial charge in [0.2, 0.25) is 6.79 Å². The lowest BCUT2D eigenvalue weighted by atomic mass is 11.1. The molecule has 0 saturated heterocycles. The molecule has 5 heavy (non-hydrogen) atoms. The zero-order valence-corrected chi connectivity index (χ0v) is 2.81. The Balaban J connectivity index is 2.40. The van der Waals surface area contributed by atoms with Crippen LogP contribution in [0.3, 0.4) is 0 Å². The van der Waals surface area contributed by atoms with E-state index in [0.717, 1.165) is 6.26 Å². The summed E-state index contributed by atoms with van der Waals surface area (Å²) >= 11 is 0. The van der Waals surface area contributed by atoms with Crippen molar-refractivity contribution in [3.05, 3.63) is 12.8 Å². The third-order valence-electron chi connectivity index (χ3n) is 0.186. The maximum atomic E-state index is 9.24. The maximum absolute atomic E-state index is 9.24. The molecule has 0 aromatic carbocycles. The van der Waals surface area contributed by atoms with Crippen LogP contribution in [0.2, 0.25) is 0 Å². The van der Waals surface area contributed by atoms with Crippen LogP contribution in [0.4, 0.5) is 0 Å². The summed E-state index contributed by atoms with van der Waals surface area (Å²) in [6.45, 7) is 2.60. The fourth-order valence-corrected chi connectivity index (χ4v) is 0.0481. The van der Waals surface area contributed by atoms with Crippen LogP contribution >= 0.6 is 0 Å². The average molecular weight is 73.1 g/mol. The quantitative estimate of drug-likeness (QED) is 0.346. The lowest BCUT2D eigenvalue weighted by Crippen LogP contribution is -1.75. The lowest BCUT2D eigenvalue weighted by Gasteiger charge is -1.81. The largest absolute Gasteiger partial charge is 0.473 e. The minimum absolute atomic E-state index is 0.524. The van der Waals surface area contributed by atoms with Crippen molar-refractivity contribution in [2.75, 3.05) is 6.79 Å². The SMILES string of the molecule is C=COC[O]. The Morgan fingerprint density at radius 1 is 2.00 bits per heavy atom. The minimum Gasteiger partial charge on any atom is -0.473 e. The van der Waals surface area contributed by atoms with Gasteiger partial charge >= 0.3 is 0 Å². The Hall–Kier alpha value is -0.500. The van der Waals surface area contributed by atoms with Crippen LogP contribution in [0, 0.1) is 0 Å². The third-order valence-corrected chi connectivity index (χ3v) is 0.186. The molecule has 0 aliphatic rings. The zero-order valence-electron chi connectivity index (χ0n) is 2.81. The van der Waals surface area contributed by atoms with Crippen molar-refractivity contribution in [1.29, 1.82) is 0 Å². The van der Waals surface area contributed by atoms with Crippen molar-refractivity contribution < 1.29 is 9.84 Å². The molecule has 0 aliphatic heterocycles. The third kappa shape index (κ3) is 3.50. The van der Waals surface area contributed by atoms with Gasteiger partial charge in [-0.3, -0.25) is 0 Å². The van der Waals surface area contributed by atoms with Gasteiger partial charge in [-0.2, -0.15) is 5.11 Å². The molecule has 2 nitrogen and oxygen atoms in total. The zero-order chi connectivity index (χ0) is 4.12. The molecule has 29 valence electrons. The van der Waals surface area contributed by atoms with Gasteiger partial charge in [0, 0.05) is 0 Å². The van der Waals surface area contributed by atoms with E-state index in [0.29, 0.717) is 0 Å². The molecule has 0 bridgehead atoms.